The highest BCUT2D eigenvalue weighted by Gasteiger charge is 2.28. The van der Waals surface area contributed by atoms with Crippen molar-refractivity contribution in [2.24, 2.45) is 0 Å². The predicted molar refractivity (Wildman–Crippen MR) is 147 cm³/mol. The van der Waals surface area contributed by atoms with Gasteiger partial charge in [-0.05, 0) is 37.1 Å². The number of aromatic nitrogens is 2. The minimum Gasteiger partial charge on any atom is -0.496 e. The van der Waals surface area contributed by atoms with Gasteiger partial charge in [0.15, 0.2) is 11.5 Å². The summed E-state index contributed by atoms with van der Waals surface area (Å²) in [6, 6.07) is 16.8. The summed E-state index contributed by atoms with van der Waals surface area (Å²) in [5.74, 6) is 1.90. The van der Waals surface area contributed by atoms with Crippen molar-refractivity contribution in [2.45, 2.75) is 24.9 Å². The van der Waals surface area contributed by atoms with Crippen molar-refractivity contribution in [2.75, 3.05) is 33.4 Å². The second kappa shape index (κ2) is 10.9. The van der Waals surface area contributed by atoms with Gasteiger partial charge in [0.05, 0.1) is 24.2 Å². The number of piperidine rings is 1. The molecule has 2 aromatic carbocycles. The number of para-hydroxylation sites is 3. The van der Waals surface area contributed by atoms with Crippen LogP contribution in [0.3, 0.4) is 0 Å². The molecule has 1 saturated heterocycles. The number of rotatable bonds is 6. The van der Waals surface area contributed by atoms with E-state index in [4.69, 9.17) is 14.2 Å². The van der Waals surface area contributed by atoms with Crippen molar-refractivity contribution in [1.29, 1.82) is 0 Å². The van der Waals surface area contributed by atoms with Crippen molar-refractivity contribution in [1.82, 2.24) is 20.2 Å². The molecule has 0 spiro atoms. The standard InChI is InChI=1S/C29H28N4O5S/c1-36-26-14-22(31-21-7-3-2-6-20(21)26)29(35)33-12-10-18(11-13-33)28-32-23(17-39-28)27(34)30-15-19-16-37-24-8-4-5-9-25(24)38-19/h2-9,14,17-19H,10-13,15-16H2,1H3,(H,30,34). The molecule has 2 aromatic heterocycles. The molecule has 0 bridgehead atoms. The molecule has 1 N–H and O–H groups in total. The molecule has 6 rings (SSSR count). The van der Waals surface area contributed by atoms with E-state index in [9.17, 15) is 9.59 Å². The molecule has 1 fully saturated rings. The molecule has 2 amide bonds. The number of carbonyl (C=O) groups excluding carboxylic acids is 2. The van der Waals surface area contributed by atoms with Gasteiger partial charge in [-0.15, -0.1) is 11.3 Å². The number of thiazole rings is 1. The van der Waals surface area contributed by atoms with E-state index < -0.39 is 0 Å². The summed E-state index contributed by atoms with van der Waals surface area (Å²) in [6.07, 6.45) is 1.29. The molecular formula is C29H28N4O5S. The summed E-state index contributed by atoms with van der Waals surface area (Å²) in [5, 5.41) is 6.50. The number of nitrogens with zero attached hydrogens (tertiary/aromatic N) is 3. The third kappa shape index (κ3) is 5.24. The second-order valence-electron chi connectivity index (χ2n) is 9.57. The fourth-order valence-corrected chi connectivity index (χ4v) is 5.92. The molecule has 1 unspecified atom stereocenters. The predicted octanol–water partition coefficient (Wildman–Crippen LogP) is 4.29. The van der Waals surface area contributed by atoms with Crippen LogP contribution in [-0.4, -0.2) is 66.1 Å². The number of pyridine rings is 1. The molecule has 0 aliphatic carbocycles. The highest BCUT2D eigenvalue weighted by Crippen LogP contribution is 2.33. The molecular weight excluding hydrogens is 516 g/mol. The first-order chi connectivity index (χ1) is 19.1. The Morgan fingerprint density at radius 1 is 1.05 bits per heavy atom. The first kappa shape index (κ1) is 25.1. The summed E-state index contributed by atoms with van der Waals surface area (Å²) >= 11 is 1.49. The summed E-state index contributed by atoms with van der Waals surface area (Å²) in [4.78, 5) is 37.0. The first-order valence-corrected chi connectivity index (χ1v) is 13.8. The highest BCUT2D eigenvalue weighted by atomic mass is 32.1. The Balaban J connectivity index is 1.03. The van der Waals surface area contributed by atoms with Crippen LogP contribution in [0.15, 0.2) is 60.0 Å². The average molecular weight is 545 g/mol. The summed E-state index contributed by atoms with van der Waals surface area (Å²) in [6.45, 7) is 1.90. The monoisotopic (exact) mass is 544 g/mol. The smallest absolute Gasteiger partial charge is 0.272 e. The number of hydrogen-bond acceptors (Lipinski definition) is 8. The molecule has 9 nitrogen and oxygen atoms in total. The molecule has 2 aliphatic heterocycles. The zero-order valence-electron chi connectivity index (χ0n) is 21.5. The quantitative estimate of drug-likeness (QED) is 0.386. The summed E-state index contributed by atoms with van der Waals surface area (Å²) < 4.78 is 17.1. The number of fused-ring (bicyclic) bond motifs is 2. The van der Waals surface area contributed by atoms with E-state index in [0.717, 1.165) is 28.8 Å². The number of methoxy groups -OCH3 is 1. The van der Waals surface area contributed by atoms with Gasteiger partial charge in [0.1, 0.15) is 29.8 Å². The van der Waals surface area contributed by atoms with Gasteiger partial charge in [-0.25, -0.2) is 9.97 Å². The number of likely N-dealkylation sites (tertiary alicyclic amines) is 1. The maximum atomic E-state index is 13.2. The topological polar surface area (TPSA) is 103 Å². The lowest BCUT2D eigenvalue weighted by Crippen LogP contribution is -2.40. The minimum atomic E-state index is -0.263. The molecule has 0 saturated carbocycles. The zero-order valence-corrected chi connectivity index (χ0v) is 22.3. The molecule has 4 heterocycles. The molecule has 0 radical (unpaired) electrons. The number of carbonyl (C=O) groups is 2. The van der Waals surface area contributed by atoms with Gasteiger partial charge in [0.2, 0.25) is 0 Å². The van der Waals surface area contributed by atoms with Crippen LogP contribution in [0.2, 0.25) is 0 Å². The Labute approximate surface area is 229 Å². The molecule has 10 heteroatoms. The van der Waals surface area contributed by atoms with E-state index in [2.05, 4.69) is 15.3 Å². The Morgan fingerprint density at radius 2 is 1.82 bits per heavy atom. The van der Waals surface area contributed by atoms with E-state index in [-0.39, 0.29) is 23.8 Å². The molecule has 1 atom stereocenters. The van der Waals surface area contributed by atoms with Gasteiger partial charge < -0.3 is 24.4 Å². The van der Waals surface area contributed by atoms with E-state index in [1.54, 1.807) is 18.6 Å². The number of ether oxygens (including phenoxy) is 3. The van der Waals surface area contributed by atoms with Crippen LogP contribution < -0.4 is 19.5 Å². The number of amides is 2. The zero-order chi connectivity index (χ0) is 26.8. The van der Waals surface area contributed by atoms with Crippen molar-refractivity contribution in [3.63, 3.8) is 0 Å². The lowest BCUT2D eigenvalue weighted by Gasteiger charge is -2.31. The fourth-order valence-electron chi connectivity index (χ4n) is 4.95. The van der Waals surface area contributed by atoms with Gasteiger partial charge in [0.25, 0.3) is 11.8 Å². The lowest BCUT2D eigenvalue weighted by atomic mass is 9.97. The highest BCUT2D eigenvalue weighted by molar-refractivity contribution is 7.09. The van der Waals surface area contributed by atoms with E-state index in [1.165, 1.54) is 11.3 Å². The Hall–Kier alpha value is -4.18. The van der Waals surface area contributed by atoms with Crippen molar-refractivity contribution in [3.05, 3.63) is 76.4 Å². The normalized spacial score (nSPS) is 17.2. The molecule has 39 heavy (non-hydrogen) atoms. The summed E-state index contributed by atoms with van der Waals surface area (Å²) in [5.41, 5.74) is 1.52. The molecule has 200 valence electrons. The van der Waals surface area contributed by atoms with Gasteiger partial charge >= 0.3 is 0 Å². The van der Waals surface area contributed by atoms with Crippen LogP contribution in [-0.2, 0) is 0 Å². The van der Waals surface area contributed by atoms with Gasteiger partial charge in [-0.1, -0.05) is 24.3 Å². The Bertz CT molecular complexity index is 1510. The van der Waals surface area contributed by atoms with Gasteiger partial charge in [0, 0.05) is 35.8 Å². The van der Waals surface area contributed by atoms with Crippen LogP contribution in [0.1, 0.15) is 44.7 Å². The number of nitrogens with one attached hydrogen (secondary N) is 1. The van der Waals surface area contributed by atoms with Crippen LogP contribution in [0.4, 0.5) is 0 Å². The van der Waals surface area contributed by atoms with E-state index in [1.807, 2.05) is 53.4 Å². The van der Waals surface area contributed by atoms with E-state index in [0.29, 0.717) is 54.9 Å². The van der Waals surface area contributed by atoms with Crippen molar-refractivity contribution < 1.29 is 23.8 Å². The van der Waals surface area contributed by atoms with Gasteiger partial charge in [-0.2, -0.15) is 0 Å². The van der Waals surface area contributed by atoms with E-state index >= 15 is 0 Å². The first-order valence-electron chi connectivity index (χ1n) is 12.9. The fraction of sp³-hybridized carbons (Fsp3) is 0.310. The molecule has 2 aliphatic rings. The maximum Gasteiger partial charge on any atom is 0.272 e. The minimum absolute atomic E-state index is 0.103. The van der Waals surface area contributed by atoms with Crippen molar-refractivity contribution in [3.8, 4) is 17.2 Å². The largest absolute Gasteiger partial charge is 0.496 e. The Morgan fingerprint density at radius 3 is 2.64 bits per heavy atom. The van der Waals surface area contributed by atoms with Crippen LogP contribution in [0, 0.1) is 0 Å². The average Bonchev–Trinajstić information content (AvgIpc) is 3.49. The SMILES string of the molecule is COc1cc(C(=O)N2CCC(c3nc(C(=O)NCC4COc5ccccc5O4)cs3)CC2)nc2ccccc12. The Kier molecular flexibility index (Phi) is 7.02. The lowest BCUT2D eigenvalue weighted by molar-refractivity contribution is 0.0707. The second-order valence-corrected chi connectivity index (χ2v) is 10.5. The third-order valence-electron chi connectivity index (χ3n) is 7.06. The third-order valence-corrected chi connectivity index (χ3v) is 8.07. The number of hydrogen-bond donors (Lipinski definition) is 1. The van der Waals surface area contributed by atoms with Crippen LogP contribution in [0.25, 0.3) is 10.9 Å². The van der Waals surface area contributed by atoms with Crippen LogP contribution >= 0.6 is 11.3 Å². The summed E-state index contributed by atoms with van der Waals surface area (Å²) in [7, 11) is 1.60. The van der Waals surface area contributed by atoms with Crippen molar-refractivity contribution >= 4 is 34.1 Å². The van der Waals surface area contributed by atoms with Crippen LogP contribution in [0.5, 0.6) is 17.2 Å². The maximum absolute atomic E-state index is 13.2. The number of benzene rings is 2. The molecule has 4 aromatic rings. The van der Waals surface area contributed by atoms with Gasteiger partial charge in [-0.3, -0.25) is 9.59 Å².